The summed E-state index contributed by atoms with van der Waals surface area (Å²) in [5.41, 5.74) is 0. The lowest BCUT2D eigenvalue weighted by molar-refractivity contribution is 0.0557. The molecule has 4 heteroatoms. The second-order valence-corrected chi connectivity index (χ2v) is 4.87. The van der Waals surface area contributed by atoms with E-state index in [4.69, 9.17) is 9.84 Å². The highest BCUT2D eigenvalue weighted by Crippen LogP contribution is 2.04. The molecule has 1 fully saturated rings. The first-order valence-corrected chi connectivity index (χ1v) is 7.35. The summed E-state index contributed by atoms with van der Waals surface area (Å²) in [6.45, 7) is 16.7. The highest BCUT2D eigenvalue weighted by atomic mass is 16.5. The second-order valence-electron chi connectivity index (χ2n) is 4.87. The van der Waals surface area contributed by atoms with Gasteiger partial charge >= 0.3 is 0 Å². The maximum Gasteiger partial charge on any atom is 0.0698 e. The van der Waals surface area contributed by atoms with Crippen molar-refractivity contribution in [1.29, 1.82) is 0 Å². The molecule has 0 bridgehead atoms. The van der Waals surface area contributed by atoms with Crippen LogP contribution < -0.4 is 0 Å². The lowest BCUT2D eigenvalue weighted by Gasteiger charge is -2.35. The molecule has 0 amide bonds. The maximum atomic E-state index is 8.58. The third-order valence-electron chi connectivity index (χ3n) is 2.88. The Hall–Kier alpha value is -0.160. The highest BCUT2D eigenvalue weighted by Gasteiger charge is 2.16. The van der Waals surface area contributed by atoms with Crippen molar-refractivity contribution in [2.75, 3.05) is 59.1 Å². The van der Waals surface area contributed by atoms with Gasteiger partial charge in [0.25, 0.3) is 0 Å². The molecule has 1 rings (SSSR count). The van der Waals surface area contributed by atoms with Crippen molar-refractivity contribution < 1.29 is 9.84 Å². The van der Waals surface area contributed by atoms with E-state index in [1.165, 1.54) is 19.6 Å². The molecule has 0 radical (unpaired) electrons. The van der Waals surface area contributed by atoms with Crippen LogP contribution >= 0.6 is 0 Å². The smallest absolute Gasteiger partial charge is 0.0698 e. The van der Waals surface area contributed by atoms with Gasteiger partial charge in [0.15, 0.2) is 0 Å². The summed E-state index contributed by atoms with van der Waals surface area (Å²) in [6, 6.07) is 0. The molecular weight excluding hydrogens is 228 g/mol. The van der Waals surface area contributed by atoms with Gasteiger partial charge in [0.1, 0.15) is 0 Å². The zero-order valence-corrected chi connectivity index (χ0v) is 12.7. The molecule has 1 heterocycles. The lowest BCUT2D eigenvalue weighted by Crippen LogP contribution is -2.48. The van der Waals surface area contributed by atoms with Crippen LogP contribution in [0.3, 0.4) is 0 Å². The molecule has 0 atom stereocenters. The number of aliphatic hydroxyl groups is 1. The molecule has 0 spiro atoms. The fourth-order valence-corrected chi connectivity index (χ4v) is 2.07. The molecule has 1 saturated heterocycles. The average Bonchev–Trinajstić information content (AvgIpc) is 2.38. The summed E-state index contributed by atoms with van der Waals surface area (Å²) in [6.07, 6.45) is 0. The predicted molar refractivity (Wildman–Crippen MR) is 77.0 cm³/mol. The topological polar surface area (TPSA) is 35.9 Å². The SMILES string of the molecule is CC.CC(C)CN1CCN(CCOCCO)CC1. The van der Waals surface area contributed by atoms with E-state index in [0.29, 0.717) is 6.61 Å². The summed E-state index contributed by atoms with van der Waals surface area (Å²) < 4.78 is 5.27. The van der Waals surface area contributed by atoms with Gasteiger partial charge in [0.05, 0.1) is 19.8 Å². The Morgan fingerprint density at radius 2 is 1.56 bits per heavy atom. The first-order valence-electron chi connectivity index (χ1n) is 7.35. The number of hydrogen-bond acceptors (Lipinski definition) is 4. The lowest BCUT2D eigenvalue weighted by atomic mass is 10.2. The van der Waals surface area contributed by atoms with Gasteiger partial charge in [-0.3, -0.25) is 4.90 Å². The fourth-order valence-electron chi connectivity index (χ4n) is 2.07. The first-order chi connectivity index (χ1) is 8.72. The Kier molecular flexibility index (Phi) is 11.8. The van der Waals surface area contributed by atoms with E-state index >= 15 is 0 Å². The molecule has 1 aliphatic heterocycles. The van der Waals surface area contributed by atoms with Gasteiger partial charge in [-0.05, 0) is 5.92 Å². The van der Waals surface area contributed by atoms with Crippen LogP contribution in [0, 0.1) is 5.92 Å². The summed E-state index contributed by atoms with van der Waals surface area (Å²) >= 11 is 0. The number of aliphatic hydroxyl groups excluding tert-OH is 1. The molecule has 1 N–H and O–H groups in total. The van der Waals surface area contributed by atoms with Crippen molar-refractivity contribution in [2.45, 2.75) is 27.7 Å². The van der Waals surface area contributed by atoms with E-state index in [9.17, 15) is 0 Å². The van der Waals surface area contributed by atoms with Crippen LogP contribution in [0.15, 0.2) is 0 Å². The largest absolute Gasteiger partial charge is 0.394 e. The maximum absolute atomic E-state index is 8.58. The molecular formula is C14H32N2O2. The van der Waals surface area contributed by atoms with Crippen LogP contribution in [-0.4, -0.2) is 74.0 Å². The van der Waals surface area contributed by atoms with Gasteiger partial charge in [-0.2, -0.15) is 0 Å². The molecule has 0 aliphatic carbocycles. The fraction of sp³-hybridized carbons (Fsp3) is 1.00. The Bertz CT molecular complexity index is 169. The number of nitrogens with zero attached hydrogens (tertiary/aromatic N) is 2. The van der Waals surface area contributed by atoms with Gasteiger partial charge < -0.3 is 14.7 Å². The predicted octanol–water partition coefficient (Wildman–Crippen LogP) is 1.30. The van der Waals surface area contributed by atoms with Gasteiger partial charge in [0, 0.05) is 39.3 Å². The number of rotatable bonds is 7. The van der Waals surface area contributed by atoms with Crippen LogP contribution in [0.4, 0.5) is 0 Å². The zero-order chi connectivity index (χ0) is 13.8. The van der Waals surface area contributed by atoms with Crippen LogP contribution in [0.1, 0.15) is 27.7 Å². The molecule has 0 aromatic heterocycles. The Morgan fingerprint density at radius 1 is 1.00 bits per heavy atom. The van der Waals surface area contributed by atoms with Crippen LogP contribution in [0.5, 0.6) is 0 Å². The van der Waals surface area contributed by atoms with Crippen molar-refractivity contribution in [3.8, 4) is 0 Å². The zero-order valence-electron chi connectivity index (χ0n) is 12.7. The van der Waals surface area contributed by atoms with E-state index in [1.54, 1.807) is 0 Å². The number of ether oxygens (including phenoxy) is 1. The quantitative estimate of drug-likeness (QED) is 0.700. The Balaban J connectivity index is 0.00000137. The van der Waals surface area contributed by atoms with Crippen molar-refractivity contribution in [1.82, 2.24) is 9.80 Å². The number of hydrogen-bond donors (Lipinski definition) is 1. The van der Waals surface area contributed by atoms with Crippen LogP contribution in [0.2, 0.25) is 0 Å². The van der Waals surface area contributed by atoms with Crippen molar-refractivity contribution >= 4 is 0 Å². The standard InChI is InChI=1S/C12H26N2O2.C2H6/c1-12(2)11-14-5-3-13(4-6-14)7-9-16-10-8-15;1-2/h12,15H,3-11H2,1-2H3;1-2H3. The van der Waals surface area contributed by atoms with Crippen molar-refractivity contribution in [2.24, 2.45) is 5.92 Å². The summed E-state index contributed by atoms with van der Waals surface area (Å²) in [5.74, 6) is 0.763. The van der Waals surface area contributed by atoms with Crippen molar-refractivity contribution in [3.05, 3.63) is 0 Å². The monoisotopic (exact) mass is 260 g/mol. The minimum Gasteiger partial charge on any atom is -0.394 e. The Morgan fingerprint density at radius 3 is 2.06 bits per heavy atom. The summed E-state index contributed by atoms with van der Waals surface area (Å²) in [7, 11) is 0. The molecule has 0 unspecified atom stereocenters. The number of piperazine rings is 1. The van der Waals surface area contributed by atoms with Crippen LogP contribution in [0.25, 0.3) is 0 Å². The average molecular weight is 260 g/mol. The van der Waals surface area contributed by atoms with Gasteiger partial charge in [0.2, 0.25) is 0 Å². The van der Waals surface area contributed by atoms with E-state index in [1.807, 2.05) is 13.8 Å². The molecule has 0 aromatic carbocycles. The summed E-state index contributed by atoms with van der Waals surface area (Å²) in [4.78, 5) is 4.98. The normalized spacial score (nSPS) is 17.7. The van der Waals surface area contributed by atoms with Crippen molar-refractivity contribution in [3.63, 3.8) is 0 Å². The second kappa shape index (κ2) is 11.9. The molecule has 0 saturated carbocycles. The van der Waals surface area contributed by atoms with E-state index in [0.717, 1.165) is 32.2 Å². The van der Waals surface area contributed by atoms with E-state index in [2.05, 4.69) is 23.6 Å². The first kappa shape index (κ1) is 17.8. The third-order valence-corrected chi connectivity index (χ3v) is 2.88. The van der Waals surface area contributed by atoms with Crippen LogP contribution in [-0.2, 0) is 4.74 Å². The minimum atomic E-state index is 0.127. The molecule has 4 nitrogen and oxygen atoms in total. The Labute approximate surface area is 113 Å². The molecule has 0 aromatic rings. The van der Waals surface area contributed by atoms with Gasteiger partial charge in [-0.1, -0.05) is 27.7 Å². The third kappa shape index (κ3) is 8.86. The van der Waals surface area contributed by atoms with E-state index in [-0.39, 0.29) is 6.61 Å². The molecule has 1 aliphatic rings. The summed E-state index contributed by atoms with van der Waals surface area (Å²) in [5, 5.41) is 8.58. The minimum absolute atomic E-state index is 0.127. The molecule has 18 heavy (non-hydrogen) atoms. The highest BCUT2D eigenvalue weighted by molar-refractivity contribution is 4.72. The van der Waals surface area contributed by atoms with Gasteiger partial charge in [-0.25, -0.2) is 0 Å². The van der Waals surface area contributed by atoms with E-state index < -0.39 is 0 Å². The molecule has 110 valence electrons. The van der Waals surface area contributed by atoms with Gasteiger partial charge in [-0.15, -0.1) is 0 Å².